The average molecular weight is 302 g/mol. The van der Waals surface area contributed by atoms with E-state index in [9.17, 15) is 4.79 Å². The standard InChI is InChI=1S/C17H22N2O3/c1-3-7-19-15-10-18(11-16(15)22-12-17(19)20)9-13-5-4-6-14(8-13)21-2/h3-6,8,15-16H,1,7,9-12H2,2H3/t15-,16-/m1/s1. The van der Waals surface area contributed by atoms with Crippen LogP contribution in [0.1, 0.15) is 5.56 Å². The van der Waals surface area contributed by atoms with E-state index in [1.165, 1.54) is 5.56 Å². The van der Waals surface area contributed by atoms with Gasteiger partial charge in [0.05, 0.1) is 19.3 Å². The SMILES string of the molecule is C=CCN1C(=O)CO[C@@H]2CN(Cc3cccc(OC)c3)C[C@H]21. The van der Waals surface area contributed by atoms with Gasteiger partial charge in [-0.2, -0.15) is 0 Å². The van der Waals surface area contributed by atoms with E-state index < -0.39 is 0 Å². The number of methoxy groups -OCH3 is 1. The molecule has 22 heavy (non-hydrogen) atoms. The normalized spacial score (nSPS) is 25.1. The first-order chi connectivity index (χ1) is 10.7. The third-order valence-corrected chi connectivity index (χ3v) is 4.32. The van der Waals surface area contributed by atoms with Crippen LogP contribution >= 0.6 is 0 Å². The maximum absolute atomic E-state index is 12.0. The maximum Gasteiger partial charge on any atom is 0.249 e. The number of hydrogen-bond acceptors (Lipinski definition) is 4. The van der Waals surface area contributed by atoms with Crippen molar-refractivity contribution in [3.63, 3.8) is 0 Å². The van der Waals surface area contributed by atoms with Crippen molar-refractivity contribution in [2.24, 2.45) is 0 Å². The van der Waals surface area contributed by atoms with Gasteiger partial charge in [0.25, 0.3) is 0 Å². The van der Waals surface area contributed by atoms with Crippen LogP contribution in [0.3, 0.4) is 0 Å². The molecule has 118 valence electrons. The largest absolute Gasteiger partial charge is 0.497 e. The lowest BCUT2D eigenvalue weighted by molar-refractivity contribution is -0.151. The van der Waals surface area contributed by atoms with Gasteiger partial charge < -0.3 is 14.4 Å². The van der Waals surface area contributed by atoms with Crippen LogP contribution in [0.2, 0.25) is 0 Å². The Bertz CT molecular complexity index is 561. The minimum absolute atomic E-state index is 0.0596. The van der Waals surface area contributed by atoms with Gasteiger partial charge in [-0.25, -0.2) is 0 Å². The van der Waals surface area contributed by atoms with Crippen LogP contribution in [-0.2, 0) is 16.1 Å². The smallest absolute Gasteiger partial charge is 0.249 e. The van der Waals surface area contributed by atoms with Gasteiger partial charge in [0, 0.05) is 26.2 Å². The quantitative estimate of drug-likeness (QED) is 0.769. The van der Waals surface area contributed by atoms with Crippen molar-refractivity contribution in [1.29, 1.82) is 0 Å². The summed E-state index contributed by atoms with van der Waals surface area (Å²) in [4.78, 5) is 16.2. The van der Waals surface area contributed by atoms with Gasteiger partial charge in [-0.1, -0.05) is 18.2 Å². The van der Waals surface area contributed by atoms with Crippen molar-refractivity contribution in [3.8, 4) is 5.75 Å². The fourth-order valence-electron chi connectivity index (χ4n) is 3.28. The summed E-state index contributed by atoms with van der Waals surface area (Å²) in [7, 11) is 1.68. The lowest BCUT2D eigenvalue weighted by atomic mass is 10.1. The molecule has 2 aliphatic rings. The van der Waals surface area contributed by atoms with E-state index in [-0.39, 0.29) is 24.7 Å². The van der Waals surface area contributed by atoms with Crippen molar-refractivity contribution in [2.45, 2.75) is 18.7 Å². The van der Waals surface area contributed by atoms with E-state index in [2.05, 4.69) is 23.6 Å². The number of ether oxygens (including phenoxy) is 2. The molecule has 0 radical (unpaired) electrons. The highest BCUT2D eigenvalue weighted by Crippen LogP contribution is 2.25. The molecule has 1 amide bonds. The summed E-state index contributed by atoms with van der Waals surface area (Å²) in [6.45, 7) is 7.04. The second-order valence-electron chi connectivity index (χ2n) is 5.80. The minimum Gasteiger partial charge on any atom is -0.497 e. The molecule has 0 aliphatic carbocycles. The molecule has 3 rings (SSSR count). The van der Waals surface area contributed by atoms with Gasteiger partial charge in [0.1, 0.15) is 12.4 Å². The number of nitrogens with zero attached hydrogens (tertiary/aromatic N) is 2. The summed E-state index contributed by atoms with van der Waals surface area (Å²) in [5, 5.41) is 0. The number of hydrogen-bond donors (Lipinski definition) is 0. The second kappa shape index (κ2) is 6.50. The first kappa shape index (κ1) is 15.1. The van der Waals surface area contributed by atoms with Crippen LogP contribution < -0.4 is 4.74 Å². The molecular weight excluding hydrogens is 280 g/mol. The summed E-state index contributed by atoms with van der Waals surface area (Å²) in [6, 6.07) is 8.22. The zero-order chi connectivity index (χ0) is 15.5. The average Bonchev–Trinajstić information content (AvgIpc) is 2.93. The molecule has 0 spiro atoms. The summed E-state index contributed by atoms with van der Waals surface area (Å²) in [5.74, 6) is 0.929. The van der Waals surface area contributed by atoms with Crippen LogP contribution in [-0.4, -0.2) is 61.2 Å². The first-order valence-electron chi connectivity index (χ1n) is 7.58. The molecule has 5 heteroatoms. The number of likely N-dealkylation sites (tertiary alicyclic amines) is 1. The molecule has 2 atom stereocenters. The fraction of sp³-hybridized carbons (Fsp3) is 0.471. The second-order valence-corrected chi connectivity index (χ2v) is 5.80. The van der Waals surface area contributed by atoms with E-state index in [0.29, 0.717) is 6.54 Å². The number of fused-ring (bicyclic) bond motifs is 1. The predicted molar refractivity (Wildman–Crippen MR) is 83.7 cm³/mol. The van der Waals surface area contributed by atoms with Crippen molar-refractivity contribution in [2.75, 3.05) is 33.4 Å². The van der Waals surface area contributed by atoms with E-state index in [1.54, 1.807) is 13.2 Å². The number of amides is 1. The fourth-order valence-corrected chi connectivity index (χ4v) is 3.28. The zero-order valence-electron chi connectivity index (χ0n) is 12.9. The highest BCUT2D eigenvalue weighted by molar-refractivity contribution is 5.79. The van der Waals surface area contributed by atoms with Crippen LogP contribution in [0.5, 0.6) is 5.75 Å². The molecule has 2 saturated heterocycles. The molecule has 2 heterocycles. The number of carbonyl (C=O) groups is 1. The number of benzene rings is 1. The van der Waals surface area contributed by atoms with E-state index >= 15 is 0 Å². The van der Waals surface area contributed by atoms with Gasteiger partial charge in [0.2, 0.25) is 5.91 Å². The van der Waals surface area contributed by atoms with Gasteiger partial charge in [0.15, 0.2) is 0 Å². The van der Waals surface area contributed by atoms with Crippen molar-refractivity contribution in [1.82, 2.24) is 9.80 Å². The zero-order valence-corrected chi connectivity index (χ0v) is 12.9. The lowest BCUT2D eigenvalue weighted by Crippen LogP contribution is -2.53. The van der Waals surface area contributed by atoms with Gasteiger partial charge >= 0.3 is 0 Å². The van der Waals surface area contributed by atoms with E-state index in [4.69, 9.17) is 9.47 Å². The van der Waals surface area contributed by atoms with Crippen LogP contribution in [0.4, 0.5) is 0 Å². The molecule has 1 aromatic rings. The Labute approximate surface area is 131 Å². The van der Waals surface area contributed by atoms with E-state index in [0.717, 1.165) is 25.4 Å². The van der Waals surface area contributed by atoms with Crippen molar-refractivity contribution in [3.05, 3.63) is 42.5 Å². The molecule has 0 unspecified atom stereocenters. The van der Waals surface area contributed by atoms with Gasteiger partial charge in [-0.3, -0.25) is 9.69 Å². The highest BCUT2D eigenvalue weighted by Gasteiger charge is 2.42. The van der Waals surface area contributed by atoms with Crippen LogP contribution in [0.25, 0.3) is 0 Å². The topological polar surface area (TPSA) is 42.0 Å². The Kier molecular flexibility index (Phi) is 4.45. The Balaban J connectivity index is 1.68. The predicted octanol–water partition coefficient (Wildman–Crippen LogP) is 1.29. The lowest BCUT2D eigenvalue weighted by Gasteiger charge is -2.36. The molecule has 0 aromatic heterocycles. The van der Waals surface area contributed by atoms with Gasteiger partial charge in [-0.15, -0.1) is 6.58 Å². The van der Waals surface area contributed by atoms with Crippen LogP contribution in [0.15, 0.2) is 36.9 Å². The van der Waals surface area contributed by atoms with Gasteiger partial charge in [-0.05, 0) is 17.7 Å². The summed E-state index contributed by atoms with van der Waals surface area (Å²) >= 11 is 0. The van der Waals surface area contributed by atoms with Crippen LogP contribution in [0, 0.1) is 0 Å². The van der Waals surface area contributed by atoms with Crippen molar-refractivity contribution >= 4 is 5.91 Å². The third-order valence-electron chi connectivity index (χ3n) is 4.32. The Hall–Kier alpha value is -1.85. The molecule has 5 nitrogen and oxygen atoms in total. The number of carbonyl (C=O) groups excluding carboxylic acids is 1. The number of morpholine rings is 1. The molecule has 2 aliphatic heterocycles. The monoisotopic (exact) mass is 302 g/mol. The molecule has 0 N–H and O–H groups in total. The summed E-state index contributed by atoms with van der Waals surface area (Å²) in [5.41, 5.74) is 1.21. The molecular formula is C17H22N2O3. The highest BCUT2D eigenvalue weighted by atomic mass is 16.5. The van der Waals surface area contributed by atoms with E-state index in [1.807, 2.05) is 17.0 Å². The number of rotatable bonds is 5. The summed E-state index contributed by atoms with van der Waals surface area (Å²) < 4.78 is 11.0. The van der Waals surface area contributed by atoms with Crippen molar-refractivity contribution < 1.29 is 14.3 Å². The molecule has 1 aromatic carbocycles. The maximum atomic E-state index is 12.0. The molecule has 0 saturated carbocycles. The Morgan fingerprint density at radius 1 is 1.45 bits per heavy atom. The Morgan fingerprint density at radius 3 is 3.09 bits per heavy atom. The minimum atomic E-state index is 0.0596. The summed E-state index contributed by atoms with van der Waals surface area (Å²) in [6.07, 6.45) is 1.88. The molecule has 0 bridgehead atoms. The molecule has 2 fully saturated rings. The Morgan fingerprint density at radius 2 is 2.32 bits per heavy atom. The third kappa shape index (κ3) is 3.00. The first-order valence-corrected chi connectivity index (χ1v) is 7.58.